The van der Waals surface area contributed by atoms with Gasteiger partial charge in [0.05, 0.1) is 17.5 Å². The summed E-state index contributed by atoms with van der Waals surface area (Å²) in [6.07, 6.45) is 0.945. The Bertz CT molecular complexity index is 1220. The molecule has 0 N–H and O–H groups in total. The van der Waals surface area contributed by atoms with Gasteiger partial charge in [-0.3, -0.25) is 4.79 Å². The van der Waals surface area contributed by atoms with E-state index >= 15 is 0 Å². The second-order valence-corrected chi connectivity index (χ2v) is 9.85. The average Bonchev–Trinajstić information content (AvgIpc) is 3.30. The molecule has 0 bridgehead atoms. The first-order chi connectivity index (χ1) is 14.6. The second-order valence-electron chi connectivity index (χ2n) is 8.20. The van der Waals surface area contributed by atoms with Gasteiger partial charge in [0, 0.05) is 12.1 Å². The van der Waals surface area contributed by atoms with Crippen LogP contribution in [-0.4, -0.2) is 27.8 Å². The van der Waals surface area contributed by atoms with Gasteiger partial charge in [-0.05, 0) is 26.3 Å². The quantitative estimate of drug-likeness (QED) is 0.548. The lowest BCUT2D eigenvalue weighted by molar-refractivity contribution is -0.705. The molecule has 0 aliphatic carbocycles. The van der Waals surface area contributed by atoms with E-state index in [1.807, 2.05) is 6.07 Å². The minimum absolute atomic E-state index is 0.0403. The molecule has 0 fully saturated rings. The molecule has 10 heteroatoms. The van der Waals surface area contributed by atoms with E-state index in [0.717, 1.165) is 0 Å². The summed E-state index contributed by atoms with van der Waals surface area (Å²) in [6, 6.07) is 8.22. The van der Waals surface area contributed by atoms with E-state index in [1.54, 1.807) is 58.3 Å². The van der Waals surface area contributed by atoms with Gasteiger partial charge in [0.15, 0.2) is 10.5 Å². The fourth-order valence-electron chi connectivity index (χ4n) is 3.61. The number of hydrogen-bond acceptors (Lipinski definition) is 6. The van der Waals surface area contributed by atoms with E-state index in [0.29, 0.717) is 14.9 Å². The first kappa shape index (κ1) is 21.3. The van der Waals surface area contributed by atoms with Crippen LogP contribution in [0.1, 0.15) is 31.7 Å². The van der Waals surface area contributed by atoms with Gasteiger partial charge in [-0.15, -0.1) is 11.3 Å². The Balaban J connectivity index is 1.96. The van der Waals surface area contributed by atoms with Gasteiger partial charge in [-0.2, -0.15) is 9.47 Å². The molecular formula is C21H21ClN4O4S. The molecule has 1 atom stereocenters. The maximum atomic E-state index is 13.6. The summed E-state index contributed by atoms with van der Waals surface area (Å²) < 4.78 is 8.63. The van der Waals surface area contributed by atoms with Crippen LogP contribution in [0.2, 0.25) is 4.47 Å². The molecule has 162 valence electrons. The Morgan fingerprint density at radius 1 is 1.32 bits per heavy atom. The van der Waals surface area contributed by atoms with Crippen LogP contribution in [0.15, 0.2) is 41.3 Å². The summed E-state index contributed by atoms with van der Waals surface area (Å²) in [5.74, 6) is -0.322. The van der Waals surface area contributed by atoms with E-state index in [4.69, 9.17) is 16.3 Å². The molecule has 31 heavy (non-hydrogen) atoms. The highest BCUT2D eigenvalue weighted by Crippen LogP contribution is 2.36. The molecule has 3 aromatic rings. The number of thiazole rings is 1. The number of rotatable bonds is 2. The lowest BCUT2D eigenvalue weighted by Crippen LogP contribution is -2.47. The van der Waals surface area contributed by atoms with Crippen molar-refractivity contribution in [1.82, 2.24) is 9.55 Å². The molecule has 2 aromatic heterocycles. The zero-order valence-electron chi connectivity index (χ0n) is 17.5. The summed E-state index contributed by atoms with van der Waals surface area (Å²) in [4.78, 5) is 32.7. The summed E-state index contributed by atoms with van der Waals surface area (Å²) in [6.45, 7) is 5.39. The van der Waals surface area contributed by atoms with Gasteiger partial charge < -0.3 is 9.84 Å². The van der Waals surface area contributed by atoms with Crippen molar-refractivity contribution in [2.45, 2.75) is 32.4 Å². The highest BCUT2D eigenvalue weighted by atomic mass is 35.5. The van der Waals surface area contributed by atoms with Crippen molar-refractivity contribution in [3.63, 3.8) is 0 Å². The van der Waals surface area contributed by atoms with Crippen molar-refractivity contribution in [3.8, 4) is 17.0 Å². The molecular weight excluding hydrogens is 440 g/mol. The van der Waals surface area contributed by atoms with Crippen LogP contribution in [-0.2, 0) is 11.8 Å². The van der Waals surface area contributed by atoms with Crippen molar-refractivity contribution in [2.24, 2.45) is 7.05 Å². The van der Waals surface area contributed by atoms with Gasteiger partial charge >= 0.3 is 17.6 Å². The molecule has 0 saturated carbocycles. The van der Waals surface area contributed by atoms with Crippen molar-refractivity contribution in [3.05, 3.63) is 56.2 Å². The molecule has 1 aliphatic rings. The number of anilines is 1. The first-order valence-corrected chi connectivity index (χ1v) is 10.8. The Morgan fingerprint density at radius 3 is 2.58 bits per heavy atom. The molecule has 1 unspecified atom stereocenters. The average molecular weight is 461 g/mol. The van der Waals surface area contributed by atoms with Crippen molar-refractivity contribution >= 4 is 35.0 Å². The van der Waals surface area contributed by atoms with Gasteiger partial charge in [0.1, 0.15) is 12.1 Å². The summed E-state index contributed by atoms with van der Waals surface area (Å²) in [5.41, 5.74) is -0.666. The van der Waals surface area contributed by atoms with Crippen LogP contribution in [0.3, 0.4) is 0 Å². The standard InChI is InChI=1S/C21H21ClN4O4S/c1-21(2,3)30-20(29)25-11-13(14-10-23-18(22)31-14)26-17(28)15(12-8-6-5-7-9-12)16(27)24(4)19(25)26/h5-10,13H,11H2,1-4H3. The highest BCUT2D eigenvalue weighted by Gasteiger charge is 2.47. The van der Waals surface area contributed by atoms with Crippen LogP contribution in [0.4, 0.5) is 10.7 Å². The van der Waals surface area contributed by atoms with E-state index in [-0.39, 0.29) is 18.1 Å². The van der Waals surface area contributed by atoms with Gasteiger partial charge in [0.2, 0.25) is 0 Å². The number of benzene rings is 1. The van der Waals surface area contributed by atoms with Gasteiger partial charge in [-0.1, -0.05) is 41.9 Å². The summed E-state index contributed by atoms with van der Waals surface area (Å²) >= 11 is 7.26. The molecule has 1 aliphatic heterocycles. The molecule has 0 spiro atoms. The Hall–Kier alpha value is -2.91. The number of ether oxygens (including phenoxy) is 1. The molecule has 1 amide bonds. The SMILES string of the molecule is C[n+]1c([O-])c(-c2ccccc2)c(=O)n2c1N(C(=O)OC(C)(C)C)CC2c1cnc(Cl)s1. The second kappa shape index (κ2) is 7.65. The molecule has 8 nitrogen and oxygen atoms in total. The third kappa shape index (κ3) is 3.79. The molecule has 4 rings (SSSR count). The third-order valence-corrected chi connectivity index (χ3v) is 6.09. The minimum atomic E-state index is -0.739. The maximum absolute atomic E-state index is 13.6. The smallest absolute Gasteiger partial charge is 0.479 e. The number of fused-ring (bicyclic) bond motifs is 1. The van der Waals surface area contributed by atoms with E-state index in [9.17, 15) is 14.7 Å². The highest BCUT2D eigenvalue weighted by molar-refractivity contribution is 7.15. The predicted molar refractivity (Wildman–Crippen MR) is 116 cm³/mol. The number of amides is 1. The zero-order valence-corrected chi connectivity index (χ0v) is 19.0. The zero-order chi connectivity index (χ0) is 22.5. The monoisotopic (exact) mass is 460 g/mol. The molecule has 0 saturated heterocycles. The van der Waals surface area contributed by atoms with Crippen LogP contribution in [0, 0.1) is 0 Å². The number of carbonyl (C=O) groups is 1. The fraction of sp³-hybridized carbons (Fsp3) is 0.333. The Labute approximate surface area is 187 Å². The summed E-state index contributed by atoms with van der Waals surface area (Å²) in [7, 11) is 1.54. The van der Waals surface area contributed by atoms with Crippen molar-refractivity contribution in [1.29, 1.82) is 0 Å². The normalized spacial score (nSPS) is 15.8. The van der Waals surface area contributed by atoms with Crippen LogP contribution >= 0.6 is 22.9 Å². The molecule has 0 radical (unpaired) electrons. The number of nitrogens with zero attached hydrogens (tertiary/aromatic N) is 4. The van der Waals surface area contributed by atoms with Crippen molar-refractivity contribution in [2.75, 3.05) is 11.4 Å². The van der Waals surface area contributed by atoms with Crippen LogP contribution in [0.25, 0.3) is 11.1 Å². The Morgan fingerprint density at radius 2 is 2.00 bits per heavy atom. The van der Waals surface area contributed by atoms with Crippen LogP contribution in [0.5, 0.6) is 5.88 Å². The fourth-order valence-corrected chi connectivity index (χ4v) is 4.65. The van der Waals surface area contributed by atoms with Crippen molar-refractivity contribution < 1.29 is 19.2 Å². The van der Waals surface area contributed by atoms with E-state index < -0.39 is 29.2 Å². The van der Waals surface area contributed by atoms with E-state index in [1.165, 1.54) is 25.4 Å². The third-order valence-electron chi connectivity index (χ3n) is 4.88. The number of aromatic nitrogens is 3. The lowest BCUT2D eigenvalue weighted by Gasteiger charge is -2.22. The predicted octanol–water partition coefficient (Wildman–Crippen LogP) is 2.87. The largest absolute Gasteiger partial charge is 0.848 e. The number of hydrogen-bond donors (Lipinski definition) is 0. The first-order valence-electron chi connectivity index (χ1n) is 9.61. The summed E-state index contributed by atoms with van der Waals surface area (Å²) in [5, 5.41) is 13.2. The topological polar surface area (TPSA) is 91.4 Å². The number of halogens is 1. The maximum Gasteiger partial charge on any atom is 0.479 e. The van der Waals surface area contributed by atoms with Gasteiger partial charge in [-0.25, -0.2) is 14.3 Å². The Kier molecular flexibility index (Phi) is 5.26. The lowest BCUT2D eigenvalue weighted by atomic mass is 10.1. The molecule has 1 aromatic carbocycles. The van der Waals surface area contributed by atoms with E-state index in [2.05, 4.69) is 4.98 Å². The number of carbonyl (C=O) groups excluding carboxylic acids is 1. The molecule has 3 heterocycles. The minimum Gasteiger partial charge on any atom is -0.848 e. The van der Waals surface area contributed by atoms with Crippen LogP contribution < -0.4 is 20.1 Å². The van der Waals surface area contributed by atoms with Gasteiger partial charge in [0.25, 0.3) is 0 Å².